The number of aryl methyl sites for hydroxylation is 1. The molecule has 0 radical (unpaired) electrons. The van der Waals surface area contributed by atoms with Gasteiger partial charge in [0.05, 0.1) is 0 Å². The van der Waals surface area contributed by atoms with Crippen LogP contribution in [-0.4, -0.2) is 0 Å². The van der Waals surface area contributed by atoms with Crippen molar-refractivity contribution in [3.63, 3.8) is 0 Å². The third-order valence-corrected chi connectivity index (χ3v) is 5.79. The molecule has 0 amide bonds. The van der Waals surface area contributed by atoms with E-state index in [2.05, 4.69) is 38.1 Å². The highest BCUT2D eigenvalue weighted by Gasteiger charge is 2.19. The van der Waals surface area contributed by atoms with Crippen molar-refractivity contribution >= 4 is 21.4 Å². The zero-order valence-corrected chi connectivity index (χ0v) is 14.2. The minimum absolute atomic E-state index is 0.349. The Hall–Kier alpha value is -1.74. The van der Waals surface area contributed by atoms with Gasteiger partial charge in [0, 0.05) is 9.58 Å². The van der Waals surface area contributed by atoms with Crippen molar-refractivity contribution in [3.8, 4) is 0 Å². The molecule has 23 heavy (non-hydrogen) atoms. The summed E-state index contributed by atoms with van der Waals surface area (Å²) in [5, 5.41) is 1.30. The molecule has 1 unspecified atom stereocenters. The van der Waals surface area contributed by atoms with Crippen LogP contribution < -0.4 is 0 Å². The Morgan fingerprint density at radius 3 is 2.52 bits per heavy atom. The Morgan fingerprint density at radius 1 is 1.04 bits per heavy atom. The summed E-state index contributed by atoms with van der Waals surface area (Å²) in [6.45, 7) is 4.34. The molecule has 0 aliphatic rings. The Kier molecular flexibility index (Phi) is 4.76. The minimum atomic E-state index is -0.779. The standard InChI is InChI=1S/C20H20F2S/c1-3-6-15(11-14-9-10-17(21)18(22)12-14)20-13(2)16-7-4-5-8-19(16)23-20/h4-5,7-10,12,15H,3,6,11H2,1-2H3. The SMILES string of the molecule is CCCC(Cc1ccc(F)c(F)c1)c1sc2ccccc2c1C. The molecule has 0 fully saturated rings. The number of thiophene rings is 1. The van der Waals surface area contributed by atoms with E-state index >= 15 is 0 Å². The second kappa shape index (κ2) is 6.79. The first-order valence-corrected chi connectivity index (χ1v) is 8.83. The maximum absolute atomic E-state index is 13.5. The molecular formula is C20H20F2S. The van der Waals surface area contributed by atoms with Crippen LogP contribution in [0.1, 0.15) is 41.7 Å². The van der Waals surface area contributed by atoms with Crippen LogP contribution in [0.25, 0.3) is 10.1 Å². The first-order valence-electron chi connectivity index (χ1n) is 8.02. The van der Waals surface area contributed by atoms with Gasteiger partial charge in [-0.1, -0.05) is 37.6 Å². The van der Waals surface area contributed by atoms with Crippen LogP contribution in [0.5, 0.6) is 0 Å². The molecule has 3 aromatic rings. The molecule has 0 spiro atoms. The average Bonchev–Trinajstić information content (AvgIpc) is 2.88. The summed E-state index contributed by atoms with van der Waals surface area (Å²) < 4.78 is 27.9. The summed E-state index contributed by atoms with van der Waals surface area (Å²) in [4.78, 5) is 1.37. The van der Waals surface area contributed by atoms with E-state index in [4.69, 9.17) is 0 Å². The highest BCUT2D eigenvalue weighted by Crippen LogP contribution is 2.39. The molecule has 0 N–H and O–H groups in total. The lowest BCUT2D eigenvalue weighted by Crippen LogP contribution is -2.03. The fourth-order valence-corrected chi connectivity index (χ4v) is 4.55. The lowest BCUT2D eigenvalue weighted by Gasteiger charge is -2.16. The average molecular weight is 330 g/mol. The molecule has 3 rings (SSSR count). The van der Waals surface area contributed by atoms with Crippen molar-refractivity contribution in [2.24, 2.45) is 0 Å². The Balaban J connectivity index is 1.96. The largest absolute Gasteiger partial charge is 0.204 e. The zero-order valence-electron chi connectivity index (χ0n) is 13.4. The fraction of sp³-hybridized carbons (Fsp3) is 0.300. The third-order valence-electron chi connectivity index (χ3n) is 4.35. The van der Waals surface area contributed by atoms with Crippen molar-refractivity contribution < 1.29 is 8.78 Å². The molecule has 0 nitrogen and oxygen atoms in total. The van der Waals surface area contributed by atoms with E-state index in [1.54, 1.807) is 6.07 Å². The van der Waals surface area contributed by atoms with E-state index < -0.39 is 11.6 Å². The van der Waals surface area contributed by atoms with Gasteiger partial charge in [0.2, 0.25) is 0 Å². The van der Waals surface area contributed by atoms with Gasteiger partial charge in [0.25, 0.3) is 0 Å². The number of fused-ring (bicyclic) bond motifs is 1. The molecule has 1 aromatic heterocycles. The molecule has 0 bridgehead atoms. The lowest BCUT2D eigenvalue weighted by atomic mass is 9.91. The van der Waals surface area contributed by atoms with Crippen molar-refractivity contribution in [2.45, 2.75) is 39.0 Å². The highest BCUT2D eigenvalue weighted by molar-refractivity contribution is 7.19. The second-order valence-corrected chi connectivity index (χ2v) is 7.11. The number of hydrogen-bond acceptors (Lipinski definition) is 1. The Bertz CT molecular complexity index is 820. The van der Waals surface area contributed by atoms with E-state index in [-0.39, 0.29) is 0 Å². The topological polar surface area (TPSA) is 0 Å². The van der Waals surface area contributed by atoms with E-state index in [0.29, 0.717) is 5.92 Å². The number of hydrogen-bond donors (Lipinski definition) is 0. The maximum Gasteiger partial charge on any atom is 0.159 e. The van der Waals surface area contributed by atoms with Gasteiger partial charge in [-0.05, 0) is 60.4 Å². The number of halogens is 2. The van der Waals surface area contributed by atoms with Crippen LogP contribution >= 0.6 is 11.3 Å². The number of benzene rings is 2. The Morgan fingerprint density at radius 2 is 1.83 bits per heavy atom. The molecule has 1 atom stereocenters. The zero-order chi connectivity index (χ0) is 16.4. The van der Waals surface area contributed by atoms with Crippen molar-refractivity contribution in [1.82, 2.24) is 0 Å². The summed E-state index contributed by atoms with van der Waals surface area (Å²) in [5.41, 5.74) is 2.19. The van der Waals surface area contributed by atoms with Crippen LogP contribution in [0.4, 0.5) is 8.78 Å². The predicted molar refractivity (Wildman–Crippen MR) is 94.3 cm³/mol. The lowest BCUT2D eigenvalue weighted by molar-refractivity contribution is 0.505. The van der Waals surface area contributed by atoms with Gasteiger partial charge >= 0.3 is 0 Å². The molecule has 2 aromatic carbocycles. The van der Waals surface area contributed by atoms with Gasteiger partial charge in [0.1, 0.15) is 0 Å². The summed E-state index contributed by atoms with van der Waals surface area (Å²) >= 11 is 1.83. The van der Waals surface area contributed by atoms with Gasteiger partial charge < -0.3 is 0 Å². The van der Waals surface area contributed by atoms with E-state index in [1.807, 2.05) is 11.3 Å². The normalized spacial score (nSPS) is 12.7. The summed E-state index contributed by atoms with van der Waals surface area (Å²) in [7, 11) is 0. The highest BCUT2D eigenvalue weighted by atomic mass is 32.1. The number of rotatable bonds is 5. The van der Waals surface area contributed by atoms with Crippen LogP contribution in [-0.2, 0) is 6.42 Å². The predicted octanol–water partition coefficient (Wildman–Crippen LogP) is 6.61. The Labute approximate surface area is 139 Å². The summed E-state index contributed by atoms with van der Waals surface area (Å²) in [6.07, 6.45) is 2.87. The van der Waals surface area contributed by atoms with Gasteiger partial charge in [-0.25, -0.2) is 8.78 Å². The molecule has 0 aliphatic carbocycles. The van der Waals surface area contributed by atoms with Crippen molar-refractivity contribution in [2.75, 3.05) is 0 Å². The molecular weight excluding hydrogens is 310 g/mol. The molecule has 0 aliphatic heterocycles. The molecule has 3 heteroatoms. The summed E-state index contributed by atoms with van der Waals surface area (Å²) in [5.74, 6) is -1.19. The monoisotopic (exact) mass is 330 g/mol. The van der Waals surface area contributed by atoms with E-state index in [0.717, 1.165) is 24.8 Å². The minimum Gasteiger partial charge on any atom is -0.204 e. The smallest absolute Gasteiger partial charge is 0.159 e. The van der Waals surface area contributed by atoms with E-state index in [9.17, 15) is 8.78 Å². The van der Waals surface area contributed by atoms with Crippen LogP contribution in [0.3, 0.4) is 0 Å². The second-order valence-electron chi connectivity index (χ2n) is 6.03. The first kappa shape index (κ1) is 16.1. The van der Waals surface area contributed by atoms with Gasteiger partial charge in [-0.15, -0.1) is 11.3 Å². The van der Waals surface area contributed by atoms with Crippen LogP contribution in [0, 0.1) is 18.6 Å². The van der Waals surface area contributed by atoms with Crippen LogP contribution in [0.2, 0.25) is 0 Å². The molecule has 120 valence electrons. The fourth-order valence-electron chi connectivity index (χ4n) is 3.21. The van der Waals surface area contributed by atoms with Crippen molar-refractivity contribution in [1.29, 1.82) is 0 Å². The van der Waals surface area contributed by atoms with Gasteiger partial charge in [0.15, 0.2) is 11.6 Å². The van der Waals surface area contributed by atoms with Gasteiger partial charge in [-0.2, -0.15) is 0 Å². The maximum atomic E-state index is 13.5. The molecule has 0 saturated heterocycles. The van der Waals surface area contributed by atoms with E-state index in [1.165, 1.54) is 32.7 Å². The molecule has 1 heterocycles. The van der Waals surface area contributed by atoms with Crippen molar-refractivity contribution in [3.05, 3.63) is 70.1 Å². The van der Waals surface area contributed by atoms with Gasteiger partial charge in [-0.3, -0.25) is 0 Å². The third kappa shape index (κ3) is 3.30. The summed E-state index contributed by atoms with van der Waals surface area (Å²) in [6, 6.07) is 12.7. The quantitative estimate of drug-likeness (QED) is 0.493. The van der Waals surface area contributed by atoms with Crippen LogP contribution in [0.15, 0.2) is 42.5 Å². The first-order chi connectivity index (χ1) is 11.1. The molecule has 0 saturated carbocycles.